The van der Waals surface area contributed by atoms with Gasteiger partial charge < -0.3 is 5.73 Å². The van der Waals surface area contributed by atoms with Gasteiger partial charge >= 0.3 is 0 Å². The summed E-state index contributed by atoms with van der Waals surface area (Å²) in [5.74, 6) is 0.651. The molecule has 0 aromatic rings. The second-order valence-corrected chi connectivity index (χ2v) is 2.45. The molecule has 0 radical (unpaired) electrons. The van der Waals surface area contributed by atoms with E-state index >= 15 is 0 Å². The van der Waals surface area contributed by atoms with E-state index in [2.05, 4.69) is 20.0 Å². The number of aliphatic imine (C=N–C) groups is 4. The topological polar surface area (TPSA) is 75.5 Å². The maximum atomic E-state index is 5.71. The van der Waals surface area contributed by atoms with Crippen LogP contribution in [-0.2, 0) is 0 Å². The quantitative estimate of drug-likeness (QED) is 0.534. The lowest BCUT2D eigenvalue weighted by Gasteiger charge is -2.09. The molecule has 56 valence electrons. The Morgan fingerprint density at radius 3 is 3.09 bits per heavy atom. The van der Waals surface area contributed by atoms with Gasteiger partial charge in [-0.1, -0.05) is 11.6 Å². The first kappa shape index (κ1) is 6.48. The summed E-state index contributed by atoms with van der Waals surface area (Å²) in [5.41, 5.74) is 5.32. The van der Waals surface area contributed by atoms with Crippen molar-refractivity contribution in [1.29, 1.82) is 0 Å². The maximum Gasteiger partial charge on any atom is 0.223 e. The normalized spacial score (nSPS) is 27.4. The predicted octanol–water partition coefficient (Wildman–Crippen LogP) is -0.239. The number of amidine groups is 1. The van der Waals surface area contributed by atoms with E-state index in [1.54, 1.807) is 0 Å². The number of nitrogens with zero attached hydrogens (tertiary/aromatic N) is 4. The smallest absolute Gasteiger partial charge is 0.223 e. The van der Waals surface area contributed by atoms with Crippen molar-refractivity contribution >= 4 is 34.9 Å². The molecule has 1 atom stereocenters. The Hall–Kier alpha value is -1.23. The van der Waals surface area contributed by atoms with Crippen LogP contribution in [0.15, 0.2) is 20.0 Å². The van der Waals surface area contributed by atoms with Crippen LogP contribution in [0.3, 0.4) is 0 Å². The summed E-state index contributed by atoms with van der Waals surface area (Å²) < 4.78 is 0. The minimum absolute atomic E-state index is 0.135. The van der Waals surface area contributed by atoms with Gasteiger partial charge in [-0.05, 0) is 0 Å². The second kappa shape index (κ2) is 2.13. The maximum absolute atomic E-state index is 5.71. The van der Waals surface area contributed by atoms with Crippen LogP contribution in [-0.4, -0.2) is 29.3 Å². The van der Waals surface area contributed by atoms with E-state index in [1.807, 2.05) is 0 Å². The van der Waals surface area contributed by atoms with Crippen LogP contribution in [0.1, 0.15) is 0 Å². The lowest BCUT2D eigenvalue weighted by molar-refractivity contribution is 1.15. The molecule has 0 aromatic heterocycles. The summed E-state index contributed by atoms with van der Waals surface area (Å²) in [6.07, 6.45) is 1.40. The van der Waals surface area contributed by atoms with Crippen molar-refractivity contribution in [3.63, 3.8) is 0 Å². The van der Waals surface area contributed by atoms with Crippen molar-refractivity contribution < 1.29 is 0 Å². The molecule has 0 amide bonds. The van der Waals surface area contributed by atoms with Crippen LogP contribution >= 0.6 is 11.6 Å². The zero-order valence-corrected chi connectivity index (χ0v) is 6.15. The Balaban J connectivity index is 2.45. The molecule has 6 heteroatoms. The van der Waals surface area contributed by atoms with Gasteiger partial charge in [0.2, 0.25) is 5.96 Å². The Morgan fingerprint density at radius 2 is 2.27 bits per heavy atom. The van der Waals surface area contributed by atoms with Crippen LogP contribution in [0.5, 0.6) is 0 Å². The third-order valence-electron chi connectivity index (χ3n) is 1.33. The van der Waals surface area contributed by atoms with Crippen molar-refractivity contribution in [1.82, 2.24) is 0 Å². The van der Waals surface area contributed by atoms with Gasteiger partial charge in [0.1, 0.15) is 11.5 Å². The van der Waals surface area contributed by atoms with Gasteiger partial charge in [0.05, 0.1) is 0 Å². The highest BCUT2D eigenvalue weighted by molar-refractivity contribution is 6.70. The molecule has 2 N–H and O–H groups in total. The fourth-order valence-corrected chi connectivity index (χ4v) is 1.11. The van der Waals surface area contributed by atoms with Crippen molar-refractivity contribution in [3.8, 4) is 0 Å². The zero-order valence-electron chi connectivity index (χ0n) is 5.40. The summed E-state index contributed by atoms with van der Waals surface area (Å²) in [6, 6.07) is -0.316. The molecular weight excluding hydrogens is 166 g/mol. The molecule has 0 saturated heterocycles. The highest BCUT2D eigenvalue weighted by Gasteiger charge is 2.26. The summed E-state index contributed by atoms with van der Waals surface area (Å²) in [7, 11) is 0. The lowest BCUT2D eigenvalue weighted by Crippen LogP contribution is -2.29. The Labute approximate surface area is 67.4 Å². The number of hydrogen-bond acceptors (Lipinski definition) is 5. The first-order valence-electron chi connectivity index (χ1n) is 2.95. The summed E-state index contributed by atoms with van der Waals surface area (Å²) >= 11 is 5.71. The van der Waals surface area contributed by atoms with Crippen LogP contribution in [0, 0.1) is 0 Å². The van der Waals surface area contributed by atoms with Crippen LogP contribution < -0.4 is 5.73 Å². The van der Waals surface area contributed by atoms with Gasteiger partial charge in [-0.3, -0.25) is 4.99 Å². The number of nitrogens with two attached hydrogens (primary N) is 1. The van der Waals surface area contributed by atoms with E-state index in [0.29, 0.717) is 11.0 Å². The van der Waals surface area contributed by atoms with Gasteiger partial charge in [-0.2, -0.15) is 4.99 Å². The Kier molecular flexibility index (Phi) is 1.25. The fourth-order valence-electron chi connectivity index (χ4n) is 0.867. The Morgan fingerprint density at radius 1 is 1.45 bits per heavy atom. The van der Waals surface area contributed by atoms with Crippen molar-refractivity contribution in [3.05, 3.63) is 0 Å². The van der Waals surface area contributed by atoms with Gasteiger partial charge in [-0.15, -0.1) is 0 Å². The number of halogens is 1. The van der Waals surface area contributed by atoms with E-state index in [9.17, 15) is 0 Å². The molecule has 0 unspecified atom stereocenters. The molecule has 0 bridgehead atoms. The molecule has 2 aliphatic rings. The van der Waals surface area contributed by atoms with E-state index in [1.165, 1.54) is 6.34 Å². The molecule has 2 rings (SSSR count). The molecule has 0 aromatic carbocycles. The molecule has 11 heavy (non-hydrogen) atoms. The summed E-state index contributed by atoms with van der Waals surface area (Å²) in [4.78, 5) is 15.4. The second-order valence-electron chi connectivity index (χ2n) is 2.06. The zero-order chi connectivity index (χ0) is 7.84. The van der Waals surface area contributed by atoms with Gasteiger partial charge in [-0.25, -0.2) is 9.98 Å². The predicted molar refractivity (Wildman–Crippen MR) is 44.6 cm³/mol. The Bertz CT molecular complexity index is 313. The lowest BCUT2D eigenvalue weighted by atomic mass is 10.3. The standard InChI is InChI=1S/C5H4ClN5/c6-3-2-4(9-1-8-2)11-5(7)10-3/h1-2H,(H2,7,8,9,11)/t2-/m1/s1. The number of fused-ring (bicyclic) bond motifs is 1. The van der Waals surface area contributed by atoms with Crippen molar-refractivity contribution in [2.45, 2.75) is 6.04 Å². The summed E-state index contributed by atoms with van der Waals surface area (Å²) in [5, 5.41) is 0.324. The van der Waals surface area contributed by atoms with Gasteiger partial charge in [0.15, 0.2) is 11.9 Å². The SMILES string of the molecule is NC1=NC2=NC=N[C@@H]2C(Cl)=N1. The first-order chi connectivity index (χ1) is 5.27. The minimum Gasteiger partial charge on any atom is -0.368 e. The molecule has 2 heterocycles. The van der Waals surface area contributed by atoms with Gasteiger partial charge in [0.25, 0.3) is 0 Å². The minimum atomic E-state index is -0.316. The third kappa shape index (κ3) is 0.932. The number of guanidine groups is 1. The van der Waals surface area contributed by atoms with Gasteiger partial charge in [0, 0.05) is 0 Å². The monoisotopic (exact) mass is 169 g/mol. The van der Waals surface area contributed by atoms with Crippen LogP contribution in [0.25, 0.3) is 0 Å². The van der Waals surface area contributed by atoms with Crippen LogP contribution in [0.4, 0.5) is 0 Å². The molecular formula is C5H4ClN5. The first-order valence-corrected chi connectivity index (χ1v) is 3.33. The van der Waals surface area contributed by atoms with E-state index in [-0.39, 0.29) is 12.0 Å². The van der Waals surface area contributed by atoms with Crippen LogP contribution in [0.2, 0.25) is 0 Å². The highest BCUT2D eigenvalue weighted by Crippen LogP contribution is 2.12. The average molecular weight is 170 g/mol. The largest absolute Gasteiger partial charge is 0.368 e. The number of rotatable bonds is 0. The van der Waals surface area contributed by atoms with E-state index < -0.39 is 0 Å². The molecule has 0 fully saturated rings. The molecule has 0 saturated carbocycles. The fraction of sp³-hybridized carbons (Fsp3) is 0.200. The average Bonchev–Trinajstić information content (AvgIpc) is 2.34. The highest BCUT2D eigenvalue weighted by atomic mass is 35.5. The van der Waals surface area contributed by atoms with Crippen molar-refractivity contribution in [2.24, 2.45) is 25.7 Å². The molecule has 2 aliphatic heterocycles. The van der Waals surface area contributed by atoms with E-state index in [4.69, 9.17) is 17.3 Å². The summed E-state index contributed by atoms with van der Waals surface area (Å²) in [6.45, 7) is 0. The third-order valence-corrected chi connectivity index (χ3v) is 1.62. The molecule has 0 spiro atoms. The number of hydrogen-bond donors (Lipinski definition) is 1. The van der Waals surface area contributed by atoms with Crippen molar-refractivity contribution in [2.75, 3.05) is 0 Å². The molecule has 0 aliphatic carbocycles. The molecule has 5 nitrogen and oxygen atoms in total. The van der Waals surface area contributed by atoms with E-state index in [0.717, 1.165) is 0 Å².